The maximum absolute atomic E-state index is 11.9. The molecule has 0 saturated carbocycles. The SMILES string of the molecule is CCOC(=O)c1c[n+]([O-])c2ccc(OC)cc2c1Cl. The number of hydrogen-bond acceptors (Lipinski definition) is 4. The molecule has 2 rings (SSSR count). The Balaban J connectivity index is 2.68. The third-order valence-electron chi connectivity index (χ3n) is 2.66. The summed E-state index contributed by atoms with van der Waals surface area (Å²) in [6.07, 6.45) is 1.12. The van der Waals surface area contributed by atoms with Crippen molar-refractivity contribution in [2.75, 3.05) is 13.7 Å². The molecule has 5 nitrogen and oxygen atoms in total. The number of carbonyl (C=O) groups is 1. The normalized spacial score (nSPS) is 10.5. The van der Waals surface area contributed by atoms with Gasteiger partial charge < -0.3 is 14.7 Å². The summed E-state index contributed by atoms with van der Waals surface area (Å²) in [5.41, 5.74) is 0.401. The molecule has 2 aromatic rings. The zero-order chi connectivity index (χ0) is 14.0. The predicted octanol–water partition coefficient (Wildman–Crippen LogP) is 2.31. The zero-order valence-electron chi connectivity index (χ0n) is 10.5. The first-order valence-corrected chi connectivity index (χ1v) is 6.02. The van der Waals surface area contributed by atoms with Gasteiger partial charge in [-0.05, 0) is 19.1 Å². The van der Waals surface area contributed by atoms with E-state index in [4.69, 9.17) is 21.1 Å². The molecule has 0 spiro atoms. The zero-order valence-corrected chi connectivity index (χ0v) is 11.2. The highest BCUT2D eigenvalue weighted by molar-refractivity contribution is 6.38. The Morgan fingerprint density at radius 1 is 1.47 bits per heavy atom. The molecule has 0 atom stereocenters. The standard InChI is InChI=1S/C13H12ClNO4/c1-3-19-13(16)10-7-15(17)11-5-4-8(18-2)6-9(11)12(10)14/h4-7H,3H2,1-2H3. The number of rotatable bonds is 3. The van der Waals surface area contributed by atoms with Crippen molar-refractivity contribution in [3.05, 3.63) is 40.2 Å². The number of pyridine rings is 1. The minimum absolute atomic E-state index is 0.0410. The molecule has 0 radical (unpaired) electrons. The van der Waals surface area contributed by atoms with E-state index in [0.29, 0.717) is 21.4 Å². The van der Waals surface area contributed by atoms with E-state index in [0.717, 1.165) is 6.20 Å². The van der Waals surface area contributed by atoms with Crippen LogP contribution in [0, 0.1) is 5.21 Å². The van der Waals surface area contributed by atoms with Crippen LogP contribution in [0.2, 0.25) is 5.02 Å². The average Bonchev–Trinajstić information content (AvgIpc) is 2.42. The van der Waals surface area contributed by atoms with Crippen molar-refractivity contribution in [2.45, 2.75) is 6.92 Å². The summed E-state index contributed by atoms with van der Waals surface area (Å²) >= 11 is 6.16. The highest BCUT2D eigenvalue weighted by Gasteiger charge is 2.21. The van der Waals surface area contributed by atoms with Crippen LogP contribution < -0.4 is 9.47 Å². The molecule has 0 amide bonds. The Labute approximate surface area is 114 Å². The molecule has 0 bridgehead atoms. The van der Waals surface area contributed by atoms with Gasteiger partial charge in [-0.3, -0.25) is 0 Å². The highest BCUT2D eigenvalue weighted by atomic mass is 35.5. The smallest absolute Gasteiger partial charge is 0.345 e. The van der Waals surface area contributed by atoms with Crippen LogP contribution in [0.5, 0.6) is 5.75 Å². The van der Waals surface area contributed by atoms with Crippen LogP contribution in [0.4, 0.5) is 0 Å². The maximum Gasteiger partial charge on any atom is 0.345 e. The molecule has 6 heteroatoms. The lowest BCUT2D eigenvalue weighted by atomic mass is 10.1. The number of aromatic nitrogens is 1. The van der Waals surface area contributed by atoms with Gasteiger partial charge in [-0.25, -0.2) is 4.79 Å². The Bertz CT molecular complexity index is 642. The van der Waals surface area contributed by atoms with Gasteiger partial charge in [0.1, 0.15) is 11.3 Å². The van der Waals surface area contributed by atoms with E-state index in [2.05, 4.69) is 0 Å². The van der Waals surface area contributed by atoms with Crippen LogP contribution in [0.1, 0.15) is 17.3 Å². The number of hydrogen-bond donors (Lipinski definition) is 0. The molecule has 1 aromatic carbocycles. The molecule has 0 unspecified atom stereocenters. The summed E-state index contributed by atoms with van der Waals surface area (Å²) in [4.78, 5) is 11.7. The monoisotopic (exact) mass is 281 g/mol. The first-order chi connectivity index (χ1) is 9.08. The number of nitrogens with zero attached hydrogens (tertiary/aromatic N) is 1. The van der Waals surface area contributed by atoms with Crippen LogP contribution in [-0.2, 0) is 4.74 Å². The van der Waals surface area contributed by atoms with Gasteiger partial charge >= 0.3 is 5.97 Å². The lowest BCUT2D eigenvalue weighted by Crippen LogP contribution is -2.28. The van der Waals surface area contributed by atoms with E-state index in [1.807, 2.05) is 0 Å². The molecular weight excluding hydrogens is 270 g/mol. The third kappa shape index (κ3) is 2.42. The van der Waals surface area contributed by atoms with Crippen molar-refractivity contribution < 1.29 is 19.0 Å². The fourth-order valence-corrected chi connectivity index (χ4v) is 2.03. The van der Waals surface area contributed by atoms with E-state index in [-0.39, 0.29) is 17.2 Å². The van der Waals surface area contributed by atoms with Crippen molar-refractivity contribution in [3.8, 4) is 5.75 Å². The second-order valence-electron chi connectivity index (χ2n) is 3.79. The van der Waals surface area contributed by atoms with Gasteiger partial charge in [0.25, 0.3) is 0 Å². The molecule has 0 fully saturated rings. The maximum atomic E-state index is 11.9. The Kier molecular flexibility index (Phi) is 3.76. The van der Waals surface area contributed by atoms with Gasteiger partial charge in [0, 0.05) is 6.07 Å². The van der Waals surface area contributed by atoms with Crippen LogP contribution in [-0.4, -0.2) is 19.7 Å². The molecule has 100 valence electrons. The molecule has 1 aromatic heterocycles. The van der Waals surface area contributed by atoms with Crippen molar-refractivity contribution in [1.29, 1.82) is 0 Å². The predicted molar refractivity (Wildman–Crippen MR) is 70.4 cm³/mol. The second-order valence-corrected chi connectivity index (χ2v) is 4.16. The van der Waals surface area contributed by atoms with Crippen molar-refractivity contribution in [3.63, 3.8) is 0 Å². The number of carbonyl (C=O) groups excluding carboxylic acids is 1. The van der Waals surface area contributed by atoms with Gasteiger partial charge in [-0.15, -0.1) is 0 Å². The number of ether oxygens (including phenoxy) is 2. The van der Waals surface area contributed by atoms with Crippen LogP contribution in [0.25, 0.3) is 10.9 Å². The van der Waals surface area contributed by atoms with Crippen molar-refractivity contribution in [1.82, 2.24) is 0 Å². The highest BCUT2D eigenvalue weighted by Crippen LogP contribution is 2.28. The first-order valence-electron chi connectivity index (χ1n) is 5.65. The van der Waals surface area contributed by atoms with Crippen molar-refractivity contribution in [2.24, 2.45) is 0 Å². The van der Waals surface area contributed by atoms with E-state index < -0.39 is 5.97 Å². The van der Waals surface area contributed by atoms with Gasteiger partial charge in [-0.1, -0.05) is 11.6 Å². The minimum Gasteiger partial charge on any atom is -0.618 e. The summed E-state index contributed by atoms with van der Waals surface area (Å²) < 4.78 is 10.5. The molecule has 0 N–H and O–H groups in total. The van der Waals surface area contributed by atoms with Crippen LogP contribution in [0.3, 0.4) is 0 Å². The Morgan fingerprint density at radius 3 is 2.84 bits per heavy atom. The quantitative estimate of drug-likeness (QED) is 0.492. The third-order valence-corrected chi connectivity index (χ3v) is 3.06. The number of esters is 1. The summed E-state index contributed by atoms with van der Waals surface area (Å²) in [5, 5.41) is 12.5. The lowest BCUT2D eigenvalue weighted by Gasteiger charge is -2.09. The fourth-order valence-electron chi connectivity index (χ4n) is 1.75. The molecule has 0 aliphatic heterocycles. The number of benzene rings is 1. The molecule has 0 aliphatic carbocycles. The molecular formula is C13H12ClNO4. The Morgan fingerprint density at radius 2 is 2.21 bits per heavy atom. The van der Waals surface area contributed by atoms with Gasteiger partial charge in [0.05, 0.1) is 24.1 Å². The summed E-state index contributed by atoms with van der Waals surface area (Å²) in [6.45, 7) is 1.89. The van der Waals surface area contributed by atoms with Crippen LogP contribution >= 0.6 is 11.6 Å². The van der Waals surface area contributed by atoms with E-state index in [9.17, 15) is 10.0 Å². The largest absolute Gasteiger partial charge is 0.618 e. The summed E-state index contributed by atoms with van der Waals surface area (Å²) in [6, 6.07) is 4.84. The second kappa shape index (κ2) is 5.32. The summed E-state index contributed by atoms with van der Waals surface area (Å²) in [7, 11) is 1.51. The minimum atomic E-state index is -0.623. The lowest BCUT2D eigenvalue weighted by molar-refractivity contribution is -0.577. The van der Waals surface area contributed by atoms with Crippen molar-refractivity contribution >= 4 is 28.5 Å². The number of methoxy groups -OCH3 is 1. The number of halogens is 1. The van der Waals surface area contributed by atoms with Gasteiger partial charge in [-0.2, -0.15) is 4.73 Å². The topological polar surface area (TPSA) is 62.5 Å². The number of fused-ring (bicyclic) bond motifs is 1. The van der Waals surface area contributed by atoms with Gasteiger partial charge in [0.15, 0.2) is 6.20 Å². The molecule has 1 heterocycles. The molecule has 19 heavy (non-hydrogen) atoms. The molecule has 0 saturated heterocycles. The van der Waals surface area contributed by atoms with Gasteiger partial charge in [0.2, 0.25) is 5.52 Å². The summed E-state index contributed by atoms with van der Waals surface area (Å²) in [5.74, 6) is -0.0720. The Hall–Kier alpha value is -2.01. The molecule has 0 aliphatic rings. The van der Waals surface area contributed by atoms with Crippen LogP contribution in [0.15, 0.2) is 24.4 Å². The fraction of sp³-hybridized carbons (Fsp3) is 0.231. The van der Waals surface area contributed by atoms with E-state index >= 15 is 0 Å². The van der Waals surface area contributed by atoms with E-state index in [1.165, 1.54) is 7.11 Å². The van der Waals surface area contributed by atoms with E-state index in [1.54, 1.807) is 25.1 Å². The first kappa shape index (κ1) is 13.4. The average molecular weight is 282 g/mol.